The topological polar surface area (TPSA) is 33.1 Å². The summed E-state index contributed by atoms with van der Waals surface area (Å²) in [5.41, 5.74) is 2.55. The maximum atomic E-state index is 4.61. The van der Waals surface area contributed by atoms with E-state index in [0.29, 0.717) is 6.04 Å². The molecule has 4 heteroatoms. The van der Waals surface area contributed by atoms with E-state index in [1.54, 1.807) is 0 Å². The molecule has 4 nitrogen and oxygen atoms in total. The van der Waals surface area contributed by atoms with Gasteiger partial charge in [0.2, 0.25) is 0 Å². The average Bonchev–Trinajstić information content (AvgIpc) is 3.04. The Labute approximate surface area is 116 Å². The predicted molar refractivity (Wildman–Crippen MR) is 77.1 cm³/mol. The first kappa shape index (κ1) is 13.1. The van der Waals surface area contributed by atoms with Gasteiger partial charge in [-0.1, -0.05) is 6.92 Å². The van der Waals surface area contributed by atoms with Crippen molar-refractivity contribution >= 4 is 0 Å². The lowest BCUT2D eigenvalue weighted by Gasteiger charge is -2.16. The van der Waals surface area contributed by atoms with E-state index in [2.05, 4.69) is 39.9 Å². The Balaban J connectivity index is 1.52. The zero-order chi connectivity index (χ0) is 13.2. The maximum absolute atomic E-state index is 4.61. The van der Waals surface area contributed by atoms with Gasteiger partial charge in [0.15, 0.2) is 0 Å². The van der Waals surface area contributed by atoms with E-state index < -0.39 is 0 Å². The van der Waals surface area contributed by atoms with Crippen LogP contribution in [0.15, 0.2) is 6.07 Å². The molecule has 2 fully saturated rings. The molecule has 1 atom stereocenters. The minimum Gasteiger partial charge on any atom is -0.307 e. The van der Waals surface area contributed by atoms with Crippen molar-refractivity contribution in [1.82, 2.24) is 20.0 Å². The number of hydrogen-bond donors (Lipinski definition) is 1. The summed E-state index contributed by atoms with van der Waals surface area (Å²) in [6.45, 7) is 8.80. The first-order chi connectivity index (χ1) is 9.30. The van der Waals surface area contributed by atoms with Gasteiger partial charge in [-0.3, -0.25) is 9.58 Å². The number of aryl methyl sites for hydroxylation is 2. The van der Waals surface area contributed by atoms with Crippen molar-refractivity contribution in [3.05, 3.63) is 17.5 Å². The molecular formula is C15H26N4. The van der Waals surface area contributed by atoms with E-state index in [1.807, 2.05) is 0 Å². The summed E-state index contributed by atoms with van der Waals surface area (Å²) in [4.78, 5) is 2.66. The van der Waals surface area contributed by atoms with Crippen LogP contribution in [0.1, 0.15) is 44.5 Å². The fourth-order valence-electron chi connectivity index (χ4n) is 3.08. The third kappa shape index (κ3) is 3.00. The van der Waals surface area contributed by atoms with Gasteiger partial charge in [0, 0.05) is 38.3 Å². The molecule has 2 heterocycles. The van der Waals surface area contributed by atoms with Crippen LogP contribution in [-0.2, 0) is 19.5 Å². The highest BCUT2D eigenvalue weighted by atomic mass is 15.3. The molecule has 1 saturated carbocycles. The molecule has 1 aromatic heterocycles. The molecule has 0 aromatic carbocycles. The van der Waals surface area contributed by atoms with Gasteiger partial charge in [-0.15, -0.1) is 0 Å². The number of nitrogens with zero attached hydrogens (tertiary/aromatic N) is 3. The maximum Gasteiger partial charge on any atom is 0.0625 e. The van der Waals surface area contributed by atoms with Crippen molar-refractivity contribution in [2.45, 2.75) is 64.7 Å². The average molecular weight is 262 g/mol. The predicted octanol–water partition coefficient (Wildman–Crippen LogP) is 1.79. The van der Waals surface area contributed by atoms with E-state index in [0.717, 1.165) is 25.6 Å². The molecular weight excluding hydrogens is 236 g/mol. The van der Waals surface area contributed by atoms with Crippen molar-refractivity contribution in [2.24, 2.45) is 0 Å². The molecule has 1 aliphatic carbocycles. The highest BCUT2D eigenvalue weighted by Gasteiger charge is 2.34. The zero-order valence-corrected chi connectivity index (χ0v) is 12.2. The Kier molecular flexibility index (Phi) is 3.89. The lowest BCUT2D eigenvalue weighted by molar-refractivity contribution is 0.317. The lowest BCUT2D eigenvalue weighted by Crippen LogP contribution is -2.33. The molecule has 3 rings (SSSR count). The third-order valence-corrected chi connectivity index (χ3v) is 4.43. The molecule has 1 aliphatic heterocycles. The summed E-state index contributed by atoms with van der Waals surface area (Å²) in [6, 6.07) is 3.84. The summed E-state index contributed by atoms with van der Waals surface area (Å²) in [5, 5.41) is 8.33. The quantitative estimate of drug-likeness (QED) is 0.848. The summed E-state index contributed by atoms with van der Waals surface area (Å²) in [5.74, 6) is 0. The molecule has 1 unspecified atom stereocenters. The Bertz CT molecular complexity index is 422. The number of aromatic nitrogens is 2. The van der Waals surface area contributed by atoms with Crippen molar-refractivity contribution in [2.75, 3.05) is 13.1 Å². The van der Waals surface area contributed by atoms with Crippen LogP contribution in [-0.4, -0.2) is 39.9 Å². The van der Waals surface area contributed by atoms with Crippen LogP contribution < -0.4 is 5.32 Å². The largest absolute Gasteiger partial charge is 0.307 e. The first-order valence-corrected chi connectivity index (χ1v) is 7.83. The van der Waals surface area contributed by atoms with Gasteiger partial charge < -0.3 is 5.32 Å². The Hall–Kier alpha value is -0.870. The Morgan fingerprint density at radius 2 is 2.16 bits per heavy atom. The van der Waals surface area contributed by atoms with Gasteiger partial charge in [-0.05, 0) is 38.7 Å². The van der Waals surface area contributed by atoms with Crippen molar-refractivity contribution in [1.29, 1.82) is 0 Å². The molecule has 0 bridgehead atoms. The highest BCUT2D eigenvalue weighted by molar-refractivity contribution is 5.10. The molecule has 0 spiro atoms. The molecule has 1 aromatic rings. The molecule has 1 saturated heterocycles. The smallest absolute Gasteiger partial charge is 0.0625 e. The van der Waals surface area contributed by atoms with Gasteiger partial charge in [0.1, 0.15) is 0 Å². The van der Waals surface area contributed by atoms with Crippen LogP contribution in [0, 0.1) is 0 Å². The fourth-order valence-corrected chi connectivity index (χ4v) is 3.08. The van der Waals surface area contributed by atoms with E-state index in [4.69, 9.17) is 0 Å². The fraction of sp³-hybridized carbons (Fsp3) is 0.800. The van der Waals surface area contributed by atoms with Crippen molar-refractivity contribution < 1.29 is 0 Å². The standard InChI is InChI=1S/C15H26N4/c1-3-12-9-15(19(4-2)17-12)10-16-13-7-8-18(11-13)14-5-6-14/h9,13-14,16H,3-8,10-11H2,1-2H3. The molecule has 106 valence electrons. The minimum absolute atomic E-state index is 0.672. The monoisotopic (exact) mass is 262 g/mol. The van der Waals surface area contributed by atoms with E-state index >= 15 is 0 Å². The normalized spacial score (nSPS) is 24.2. The number of rotatable bonds is 6. The third-order valence-electron chi connectivity index (χ3n) is 4.43. The van der Waals surface area contributed by atoms with Gasteiger partial charge >= 0.3 is 0 Å². The zero-order valence-electron chi connectivity index (χ0n) is 12.2. The van der Waals surface area contributed by atoms with E-state index in [-0.39, 0.29) is 0 Å². The van der Waals surface area contributed by atoms with Crippen LogP contribution in [0.25, 0.3) is 0 Å². The summed E-state index contributed by atoms with van der Waals surface area (Å²) < 4.78 is 2.14. The molecule has 0 amide bonds. The number of hydrogen-bond acceptors (Lipinski definition) is 3. The second-order valence-corrected chi connectivity index (χ2v) is 5.89. The van der Waals surface area contributed by atoms with Gasteiger partial charge in [-0.25, -0.2) is 0 Å². The van der Waals surface area contributed by atoms with Crippen LogP contribution >= 0.6 is 0 Å². The second-order valence-electron chi connectivity index (χ2n) is 5.89. The lowest BCUT2D eigenvalue weighted by atomic mass is 10.2. The number of nitrogens with one attached hydrogen (secondary N) is 1. The minimum atomic E-state index is 0.672. The highest BCUT2D eigenvalue weighted by Crippen LogP contribution is 2.29. The molecule has 19 heavy (non-hydrogen) atoms. The van der Waals surface area contributed by atoms with Crippen LogP contribution in [0.2, 0.25) is 0 Å². The summed E-state index contributed by atoms with van der Waals surface area (Å²) in [6.07, 6.45) is 5.18. The first-order valence-electron chi connectivity index (χ1n) is 7.83. The number of likely N-dealkylation sites (tertiary alicyclic amines) is 1. The van der Waals surface area contributed by atoms with Gasteiger partial charge in [0.25, 0.3) is 0 Å². The van der Waals surface area contributed by atoms with Crippen molar-refractivity contribution in [3.8, 4) is 0 Å². The van der Waals surface area contributed by atoms with Gasteiger partial charge in [0.05, 0.1) is 11.4 Å². The molecule has 2 aliphatic rings. The van der Waals surface area contributed by atoms with Crippen LogP contribution in [0.5, 0.6) is 0 Å². The van der Waals surface area contributed by atoms with Crippen molar-refractivity contribution in [3.63, 3.8) is 0 Å². The second kappa shape index (κ2) is 5.63. The van der Waals surface area contributed by atoms with E-state index in [1.165, 1.54) is 43.7 Å². The van der Waals surface area contributed by atoms with Crippen LogP contribution in [0.4, 0.5) is 0 Å². The Morgan fingerprint density at radius 3 is 2.84 bits per heavy atom. The van der Waals surface area contributed by atoms with Crippen LogP contribution in [0.3, 0.4) is 0 Å². The van der Waals surface area contributed by atoms with E-state index in [9.17, 15) is 0 Å². The summed E-state index contributed by atoms with van der Waals surface area (Å²) >= 11 is 0. The molecule has 1 N–H and O–H groups in total. The Morgan fingerprint density at radius 1 is 1.32 bits per heavy atom. The SMILES string of the molecule is CCc1cc(CNC2CCN(C3CC3)C2)n(CC)n1. The van der Waals surface area contributed by atoms with Gasteiger partial charge in [-0.2, -0.15) is 5.10 Å². The summed E-state index contributed by atoms with van der Waals surface area (Å²) in [7, 11) is 0. The molecule has 0 radical (unpaired) electrons.